The fourth-order valence-electron chi connectivity index (χ4n) is 2.72. The number of sulfonamides is 1. The molecule has 162 valence electrons. The molecule has 0 aliphatic carbocycles. The lowest BCUT2D eigenvalue weighted by Gasteiger charge is -2.26. The molecule has 1 aliphatic heterocycles. The summed E-state index contributed by atoms with van der Waals surface area (Å²) in [6.07, 6.45) is 0. The molecule has 0 unspecified atom stereocenters. The van der Waals surface area contributed by atoms with Gasteiger partial charge in [0.1, 0.15) is 29.7 Å². The first-order valence-corrected chi connectivity index (χ1v) is 11.1. The third-order valence-electron chi connectivity index (χ3n) is 4.22. The Balaban J connectivity index is 1.63. The smallest absolute Gasteiger partial charge is 0.338 e. The molecule has 0 amide bonds. The van der Waals surface area contributed by atoms with Gasteiger partial charge in [0.25, 0.3) is 0 Å². The van der Waals surface area contributed by atoms with Crippen LogP contribution in [0.1, 0.15) is 10.4 Å². The molecule has 1 aliphatic rings. The molecule has 2 aromatic carbocycles. The lowest BCUT2D eigenvalue weighted by Crippen LogP contribution is -2.41. The van der Waals surface area contributed by atoms with Crippen LogP contribution in [0.15, 0.2) is 41.3 Å². The summed E-state index contributed by atoms with van der Waals surface area (Å²) in [4.78, 5) is 11.7. The van der Waals surface area contributed by atoms with E-state index in [1.54, 1.807) is 12.1 Å². The van der Waals surface area contributed by atoms with Crippen LogP contribution in [0.4, 0.5) is 4.39 Å². The van der Waals surface area contributed by atoms with E-state index in [0.717, 1.165) is 22.5 Å². The molecule has 0 bridgehead atoms. The van der Waals surface area contributed by atoms with Gasteiger partial charge < -0.3 is 14.2 Å². The van der Waals surface area contributed by atoms with Gasteiger partial charge >= 0.3 is 5.97 Å². The maximum absolute atomic E-state index is 14.2. The summed E-state index contributed by atoms with van der Waals surface area (Å²) < 4.78 is 56.3. The molecule has 0 atom stereocenters. The Hall–Kier alpha value is -1.91. The molecule has 0 radical (unpaired) electrons. The van der Waals surface area contributed by atoms with Crippen LogP contribution in [-0.4, -0.2) is 58.2 Å². The van der Waals surface area contributed by atoms with E-state index >= 15 is 0 Å². The number of carbonyl (C=O) groups excluding carboxylic acids is 1. The first-order chi connectivity index (χ1) is 14.3. The minimum atomic E-state index is -4.10. The number of hydrogen-bond donors (Lipinski definition) is 0. The lowest BCUT2D eigenvalue weighted by atomic mass is 10.2. The fraction of sp³-hybridized carbons (Fsp3) is 0.316. The van der Waals surface area contributed by atoms with E-state index in [2.05, 4.69) is 0 Å². The van der Waals surface area contributed by atoms with Gasteiger partial charge in [-0.15, -0.1) is 0 Å². The molecule has 7 nitrogen and oxygen atoms in total. The summed E-state index contributed by atoms with van der Waals surface area (Å²) in [6, 6.07) is 7.75. The lowest BCUT2D eigenvalue weighted by molar-refractivity contribution is 0.0450. The van der Waals surface area contributed by atoms with E-state index < -0.39 is 26.7 Å². The zero-order chi connectivity index (χ0) is 21.7. The van der Waals surface area contributed by atoms with Crippen LogP contribution in [0.2, 0.25) is 10.0 Å². The van der Waals surface area contributed by atoms with E-state index in [1.807, 2.05) is 0 Å². The van der Waals surface area contributed by atoms with Crippen molar-refractivity contribution in [2.24, 2.45) is 0 Å². The molecule has 30 heavy (non-hydrogen) atoms. The van der Waals surface area contributed by atoms with Crippen molar-refractivity contribution in [3.63, 3.8) is 0 Å². The molecule has 0 spiro atoms. The van der Waals surface area contributed by atoms with E-state index in [9.17, 15) is 17.6 Å². The number of rotatable bonds is 7. The molecule has 3 rings (SSSR count). The van der Waals surface area contributed by atoms with Gasteiger partial charge in [0.15, 0.2) is 0 Å². The van der Waals surface area contributed by atoms with Gasteiger partial charge in [-0.2, -0.15) is 4.31 Å². The van der Waals surface area contributed by atoms with E-state index in [0.29, 0.717) is 15.8 Å². The van der Waals surface area contributed by atoms with Gasteiger partial charge in [0.2, 0.25) is 10.0 Å². The number of ether oxygens (including phenoxy) is 3. The molecule has 1 saturated heterocycles. The van der Waals surface area contributed by atoms with Gasteiger partial charge in [-0.25, -0.2) is 17.6 Å². The quantitative estimate of drug-likeness (QED) is 0.449. The van der Waals surface area contributed by atoms with Gasteiger partial charge in [0, 0.05) is 18.1 Å². The van der Waals surface area contributed by atoms with Gasteiger partial charge in [-0.1, -0.05) is 23.2 Å². The maximum Gasteiger partial charge on any atom is 0.338 e. The number of carbonyl (C=O) groups is 1. The van der Waals surface area contributed by atoms with Crippen LogP contribution in [0.5, 0.6) is 5.75 Å². The monoisotopic (exact) mass is 477 g/mol. The van der Waals surface area contributed by atoms with Gasteiger partial charge in [0.05, 0.1) is 23.8 Å². The van der Waals surface area contributed by atoms with Crippen molar-refractivity contribution >= 4 is 39.2 Å². The zero-order valence-corrected chi connectivity index (χ0v) is 18.0. The second kappa shape index (κ2) is 9.93. The predicted octanol–water partition coefficient (Wildman–Crippen LogP) is 3.39. The topological polar surface area (TPSA) is 82.1 Å². The highest BCUT2D eigenvalue weighted by molar-refractivity contribution is 7.89. The Morgan fingerprint density at radius 3 is 2.53 bits per heavy atom. The summed E-state index contributed by atoms with van der Waals surface area (Å²) in [7, 11) is -4.10. The standard InChI is InChI=1S/C19H18Cl2FNO6S/c20-14-2-4-17(15(21)12-14)28-9-10-29-19(24)13-1-3-16(22)18(11-13)30(25,26)23-5-7-27-8-6-23/h1-4,11-12H,5-10H2. The van der Waals surface area contributed by atoms with E-state index in [4.69, 9.17) is 37.4 Å². The minimum Gasteiger partial charge on any atom is -0.488 e. The molecule has 0 saturated carbocycles. The van der Waals surface area contributed by atoms with Crippen molar-refractivity contribution in [1.29, 1.82) is 0 Å². The predicted molar refractivity (Wildman–Crippen MR) is 108 cm³/mol. The van der Waals surface area contributed by atoms with Crippen molar-refractivity contribution in [2.45, 2.75) is 4.90 Å². The number of esters is 1. The number of nitrogens with zero attached hydrogens (tertiary/aromatic N) is 1. The Kier molecular flexibility index (Phi) is 7.54. The van der Waals surface area contributed by atoms with Gasteiger partial charge in [-0.05, 0) is 36.4 Å². The molecule has 0 aromatic heterocycles. The average molecular weight is 478 g/mol. The van der Waals surface area contributed by atoms with E-state index in [-0.39, 0.29) is 45.1 Å². The number of morpholine rings is 1. The second-order valence-corrected chi connectivity index (χ2v) is 8.97. The molecule has 11 heteroatoms. The minimum absolute atomic E-state index is 0.00716. The molecule has 1 fully saturated rings. The molecule has 1 heterocycles. The summed E-state index contributed by atoms with van der Waals surface area (Å²) in [5.74, 6) is -1.38. The van der Waals surface area contributed by atoms with Gasteiger partial charge in [-0.3, -0.25) is 0 Å². The molecular weight excluding hydrogens is 460 g/mol. The van der Waals surface area contributed by atoms with Crippen LogP contribution in [0.25, 0.3) is 0 Å². The highest BCUT2D eigenvalue weighted by Crippen LogP contribution is 2.27. The summed E-state index contributed by atoms with van der Waals surface area (Å²) >= 11 is 11.8. The molecule has 2 aromatic rings. The second-order valence-electron chi connectivity index (χ2n) is 6.22. The van der Waals surface area contributed by atoms with Crippen molar-refractivity contribution in [3.05, 3.63) is 57.8 Å². The Labute approximate surface area is 183 Å². The summed E-state index contributed by atoms with van der Waals surface area (Å²) in [6.45, 7) is 0.552. The van der Waals surface area contributed by atoms with Crippen LogP contribution in [-0.2, 0) is 19.5 Å². The average Bonchev–Trinajstić information content (AvgIpc) is 2.73. The number of benzene rings is 2. The SMILES string of the molecule is O=C(OCCOc1ccc(Cl)cc1Cl)c1ccc(F)c(S(=O)(=O)N2CCOCC2)c1. The zero-order valence-electron chi connectivity index (χ0n) is 15.6. The van der Waals surface area contributed by atoms with Crippen LogP contribution in [0, 0.1) is 5.82 Å². The largest absolute Gasteiger partial charge is 0.488 e. The third kappa shape index (κ3) is 5.41. The Bertz CT molecular complexity index is 1030. The van der Waals surface area contributed by atoms with Crippen molar-refractivity contribution in [1.82, 2.24) is 4.31 Å². The number of hydrogen-bond acceptors (Lipinski definition) is 6. The highest BCUT2D eigenvalue weighted by atomic mass is 35.5. The van der Waals surface area contributed by atoms with E-state index in [1.165, 1.54) is 6.07 Å². The first kappa shape index (κ1) is 22.8. The Morgan fingerprint density at radius 1 is 1.10 bits per heavy atom. The number of halogens is 3. The molecule has 0 N–H and O–H groups in total. The normalized spacial score (nSPS) is 15.0. The van der Waals surface area contributed by atoms with Crippen LogP contribution < -0.4 is 4.74 Å². The van der Waals surface area contributed by atoms with Crippen molar-refractivity contribution < 1.29 is 31.8 Å². The van der Waals surface area contributed by atoms with Crippen LogP contribution in [0.3, 0.4) is 0 Å². The highest BCUT2D eigenvalue weighted by Gasteiger charge is 2.30. The Morgan fingerprint density at radius 2 is 1.83 bits per heavy atom. The summed E-state index contributed by atoms with van der Waals surface area (Å²) in [5, 5.41) is 0.767. The molecular formula is C19H18Cl2FNO6S. The van der Waals surface area contributed by atoms with Crippen LogP contribution >= 0.6 is 23.2 Å². The first-order valence-electron chi connectivity index (χ1n) is 8.91. The summed E-state index contributed by atoms with van der Waals surface area (Å²) in [5.41, 5.74) is -0.0900. The third-order valence-corrected chi connectivity index (χ3v) is 6.67. The maximum atomic E-state index is 14.2. The fourth-order valence-corrected chi connectivity index (χ4v) is 4.68. The van der Waals surface area contributed by atoms with Crippen molar-refractivity contribution in [3.8, 4) is 5.75 Å². The van der Waals surface area contributed by atoms with Crippen molar-refractivity contribution in [2.75, 3.05) is 39.5 Å².